The zero-order valence-corrected chi connectivity index (χ0v) is 15.4. The van der Waals surface area contributed by atoms with Gasteiger partial charge in [0.25, 0.3) is 0 Å². The lowest BCUT2D eigenvalue weighted by Gasteiger charge is -2.28. The van der Waals surface area contributed by atoms with E-state index in [0.717, 1.165) is 6.42 Å². The van der Waals surface area contributed by atoms with Crippen molar-refractivity contribution in [2.75, 3.05) is 0 Å². The van der Waals surface area contributed by atoms with Crippen LogP contribution in [0.3, 0.4) is 0 Å². The van der Waals surface area contributed by atoms with Crippen molar-refractivity contribution in [2.45, 2.75) is 32.7 Å². The smallest absolute Gasteiger partial charge is 0.135 e. The predicted octanol–water partition coefficient (Wildman–Crippen LogP) is 3.17. The summed E-state index contributed by atoms with van der Waals surface area (Å²) in [5.41, 5.74) is 1.42. The minimum absolute atomic E-state index is 0.0849. The van der Waals surface area contributed by atoms with E-state index in [1.807, 2.05) is 0 Å². The van der Waals surface area contributed by atoms with Crippen LogP contribution >= 0.6 is 0 Å². The lowest BCUT2D eigenvalue weighted by atomic mass is 10.1. The van der Waals surface area contributed by atoms with Gasteiger partial charge in [0.1, 0.15) is 8.80 Å². The van der Waals surface area contributed by atoms with Gasteiger partial charge in [0.15, 0.2) is 0 Å². The van der Waals surface area contributed by atoms with Gasteiger partial charge in [-0.1, -0.05) is 83.2 Å². The highest BCUT2D eigenvalue weighted by Crippen LogP contribution is 2.22. The Balaban J connectivity index is 2.02. The highest BCUT2D eigenvalue weighted by molar-refractivity contribution is 6.91. The molecule has 23 heavy (non-hydrogen) atoms. The molecule has 0 bridgehead atoms. The minimum atomic E-state index is -1.42. The molecule has 0 unspecified atom stereocenters. The van der Waals surface area contributed by atoms with Crippen molar-refractivity contribution < 1.29 is 0 Å². The monoisotopic (exact) mass is 319 g/mol. The van der Waals surface area contributed by atoms with Gasteiger partial charge in [0, 0.05) is 11.2 Å². The molecule has 3 rings (SSSR count). The lowest BCUT2D eigenvalue weighted by molar-refractivity contribution is 0.478. The van der Waals surface area contributed by atoms with E-state index < -0.39 is 8.80 Å². The van der Waals surface area contributed by atoms with E-state index >= 15 is 0 Å². The molecule has 0 aliphatic heterocycles. The molecule has 0 radical (unpaired) electrons. The second kappa shape index (κ2) is 6.59. The summed E-state index contributed by atoms with van der Waals surface area (Å²) in [5.74, 6) is 0. The molecular weight excluding hydrogens is 294 g/mol. The molecule has 2 aromatic carbocycles. The van der Waals surface area contributed by atoms with Gasteiger partial charge in [-0.05, 0) is 32.4 Å². The molecule has 1 aliphatic rings. The van der Waals surface area contributed by atoms with Crippen LogP contribution in [0.4, 0.5) is 0 Å². The fraction of sp³-hybridized carbons (Fsp3) is 0.238. The number of hydrogen-bond acceptors (Lipinski definition) is 1. The number of benzene rings is 2. The van der Waals surface area contributed by atoms with Crippen LogP contribution in [0.2, 0.25) is 0 Å². The third-order valence-corrected chi connectivity index (χ3v) is 7.33. The van der Waals surface area contributed by atoms with E-state index in [4.69, 9.17) is 0 Å². The summed E-state index contributed by atoms with van der Waals surface area (Å²) in [7, 11) is -1.42. The molecule has 0 saturated heterocycles. The number of rotatable bonds is 4. The van der Waals surface area contributed by atoms with E-state index in [-0.39, 0.29) is 5.54 Å². The Hall–Kier alpha value is -2.06. The van der Waals surface area contributed by atoms with E-state index in [9.17, 15) is 0 Å². The second-order valence-electron chi connectivity index (χ2n) is 7.14. The van der Waals surface area contributed by atoms with Gasteiger partial charge >= 0.3 is 0 Å². The molecule has 2 heteroatoms. The van der Waals surface area contributed by atoms with Crippen molar-refractivity contribution >= 4 is 19.2 Å². The lowest BCUT2D eigenvalue weighted by Crippen LogP contribution is -2.47. The van der Waals surface area contributed by atoms with Gasteiger partial charge in [-0.2, -0.15) is 0 Å². The van der Waals surface area contributed by atoms with Crippen LogP contribution in [0.25, 0.3) is 0 Å². The molecule has 0 fully saturated rings. The van der Waals surface area contributed by atoms with Crippen LogP contribution < -0.4 is 15.7 Å². The van der Waals surface area contributed by atoms with Gasteiger partial charge in [-0.3, -0.25) is 0 Å². The zero-order chi connectivity index (χ0) is 16.3. The second-order valence-corrected chi connectivity index (χ2v) is 9.96. The molecule has 2 aromatic rings. The molecular formula is C21H25NSi. The van der Waals surface area contributed by atoms with Crippen LogP contribution in [0, 0.1) is 0 Å². The molecule has 0 atom stereocenters. The zero-order valence-electron chi connectivity index (χ0n) is 14.2. The summed E-state index contributed by atoms with van der Waals surface area (Å²) in [6.45, 7) is 6.68. The summed E-state index contributed by atoms with van der Waals surface area (Å²) in [6, 6.07) is 22.0. The van der Waals surface area contributed by atoms with Crippen molar-refractivity contribution in [1.29, 1.82) is 0 Å². The third kappa shape index (κ3) is 3.83. The van der Waals surface area contributed by atoms with E-state index in [1.54, 1.807) is 0 Å². The summed E-state index contributed by atoms with van der Waals surface area (Å²) in [5, 5.41) is 8.20. The highest BCUT2D eigenvalue weighted by Gasteiger charge is 2.27. The molecule has 1 aliphatic carbocycles. The van der Waals surface area contributed by atoms with E-state index in [0.29, 0.717) is 0 Å². The quantitative estimate of drug-likeness (QED) is 0.854. The van der Waals surface area contributed by atoms with Crippen LogP contribution in [0.15, 0.2) is 83.7 Å². The average Bonchev–Trinajstić information content (AvgIpc) is 2.96. The summed E-state index contributed by atoms with van der Waals surface area (Å²) < 4.78 is 0. The summed E-state index contributed by atoms with van der Waals surface area (Å²) in [6.07, 6.45) is 5.80. The first-order valence-electron chi connectivity index (χ1n) is 8.33. The van der Waals surface area contributed by atoms with E-state index in [1.165, 1.54) is 21.3 Å². The molecule has 118 valence electrons. The van der Waals surface area contributed by atoms with Crippen molar-refractivity contribution in [2.24, 2.45) is 0 Å². The maximum Gasteiger partial charge on any atom is 0.135 e. The topological polar surface area (TPSA) is 12.0 Å². The Morgan fingerprint density at radius 3 is 1.78 bits per heavy atom. The maximum absolute atomic E-state index is 3.72. The summed E-state index contributed by atoms with van der Waals surface area (Å²) in [4.78, 5) is 0. The van der Waals surface area contributed by atoms with Crippen LogP contribution in [0.5, 0.6) is 0 Å². The van der Waals surface area contributed by atoms with Crippen LogP contribution in [-0.4, -0.2) is 14.3 Å². The molecule has 0 amide bonds. The number of hydrogen-bond donors (Lipinski definition) is 1. The molecule has 1 nitrogen and oxygen atoms in total. The Morgan fingerprint density at radius 1 is 0.783 bits per heavy atom. The van der Waals surface area contributed by atoms with Gasteiger partial charge in [-0.15, -0.1) is 0 Å². The van der Waals surface area contributed by atoms with Crippen molar-refractivity contribution in [1.82, 2.24) is 5.32 Å². The minimum Gasteiger partial charge on any atom is -0.381 e. The van der Waals surface area contributed by atoms with Gasteiger partial charge in [0.05, 0.1) is 0 Å². The molecule has 0 spiro atoms. The largest absolute Gasteiger partial charge is 0.381 e. The number of nitrogens with one attached hydrogen (secondary N) is 1. The molecule has 0 heterocycles. The Bertz CT molecular complexity index is 669. The fourth-order valence-electron chi connectivity index (χ4n) is 3.17. The average molecular weight is 320 g/mol. The molecule has 1 N–H and O–H groups in total. The standard InChI is InChI=1S/C21H25NSi/c1-21(2,3)22-19-15-10-16-20(19)23(17-11-6-4-7-12-17)18-13-8-5-9-14-18/h4-9,11-16,22-23H,10H2,1-3H3. The molecule has 0 saturated carbocycles. The van der Waals surface area contributed by atoms with Crippen LogP contribution in [0.1, 0.15) is 27.2 Å². The first kappa shape index (κ1) is 15.8. The highest BCUT2D eigenvalue weighted by atomic mass is 28.3. The normalized spacial score (nSPS) is 14.6. The van der Waals surface area contributed by atoms with Gasteiger partial charge in [0.2, 0.25) is 0 Å². The van der Waals surface area contributed by atoms with E-state index in [2.05, 4.69) is 98.9 Å². The third-order valence-electron chi connectivity index (χ3n) is 4.06. The number of allylic oxidation sites excluding steroid dienone is 3. The first-order chi connectivity index (χ1) is 11.0. The Kier molecular flexibility index (Phi) is 4.53. The SMILES string of the molecule is CC(C)(C)NC1=CCC=C1[SiH](c1ccccc1)c1ccccc1. The summed E-state index contributed by atoms with van der Waals surface area (Å²) >= 11 is 0. The van der Waals surface area contributed by atoms with Gasteiger partial charge < -0.3 is 5.32 Å². The predicted molar refractivity (Wildman–Crippen MR) is 103 cm³/mol. The first-order valence-corrected chi connectivity index (χ1v) is 10.1. The van der Waals surface area contributed by atoms with Crippen LogP contribution in [-0.2, 0) is 0 Å². The fourth-order valence-corrected chi connectivity index (χ4v) is 6.36. The maximum atomic E-state index is 3.72. The Labute approximate surface area is 141 Å². The van der Waals surface area contributed by atoms with Crippen molar-refractivity contribution in [3.63, 3.8) is 0 Å². The Morgan fingerprint density at radius 2 is 1.30 bits per heavy atom. The van der Waals surface area contributed by atoms with Crippen molar-refractivity contribution in [3.05, 3.63) is 83.7 Å². The van der Waals surface area contributed by atoms with Crippen molar-refractivity contribution in [3.8, 4) is 0 Å². The molecule has 0 aromatic heterocycles. The van der Waals surface area contributed by atoms with Gasteiger partial charge in [-0.25, -0.2) is 0 Å².